The maximum Gasteiger partial charge on any atom is 0.315 e. The van der Waals surface area contributed by atoms with Crippen LogP contribution in [-0.2, 0) is 12.0 Å². The topological polar surface area (TPSA) is 74.0 Å². The molecule has 3 N–H and O–H groups in total. The third-order valence-corrected chi connectivity index (χ3v) is 5.01. The Morgan fingerprint density at radius 3 is 2.62 bits per heavy atom. The quantitative estimate of drug-likeness (QED) is 0.587. The molecule has 3 aromatic rings. The Kier molecular flexibility index (Phi) is 5.87. The molecule has 1 aromatic heterocycles. The number of hydrogen-bond donors (Lipinski definition) is 3. The third-order valence-electron chi connectivity index (χ3n) is 5.01. The van der Waals surface area contributed by atoms with Gasteiger partial charge in [0, 0.05) is 17.6 Å². The van der Waals surface area contributed by atoms with Crippen molar-refractivity contribution in [3.8, 4) is 0 Å². The first-order valence-electron chi connectivity index (χ1n) is 9.69. The molecular weight excluding hydrogens is 362 g/mol. The highest BCUT2D eigenvalue weighted by molar-refractivity contribution is 5.79. The van der Waals surface area contributed by atoms with Crippen LogP contribution in [0.4, 0.5) is 4.79 Å². The van der Waals surface area contributed by atoms with Gasteiger partial charge in [-0.05, 0) is 61.9 Å². The standard InChI is InChI=1S/C24H27N3O2/c1-16(2)17-9-7-10-20(15-17)24(3,4)27-23(29)25-13-12-19-14-18-8-5-6-11-21(18)26-22(19)28/h5-11,14-15H,1,12-13H2,2-4H3,(H,26,28)(H2,25,27,29). The molecule has 0 saturated heterocycles. The maximum absolute atomic E-state index is 12.4. The lowest BCUT2D eigenvalue weighted by atomic mass is 9.92. The molecule has 0 fully saturated rings. The number of benzene rings is 2. The van der Waals surface area contributed by atoms with Gasteiger partial charge >= 0.3 is 6.03 Å². The summed E-state index contributed by atoms with van der Waals surface area (Å²) in [5.74, 6) is 0. The van der Waals surface area contributed by atoms with Crippen molar-refractivity contribution in [2.75, 3.05) is 6.54 Å². The summed E-state index contributed by atoms with van der Waals surface area (Å²) in [6.07, 6.45) is 0.458. The minimum atomic E-state index is -0.546. The molecule has 0 aliphatic carbocycles. The first-order valence-corrected chi connectivity index (χ1v) is 9.69. The molecule has 0 radical (unpaired) electrons. The summed E-state index contributed by atoms with van der Waals surface area (Å²) < 4.78 is 0. The van der Waals surface area contributed by atoms with Crippen LogP contribution < -0.4 is 16.2 Å². The van der Waals surface area contributed by atoms with Crippen molar-refractivity contribution in [3.05, 3.63) is 88.2 Å². The van der Waals surface area contributed by atoms with Crippen LogP contribution >= 0.6 is 0 Å². The van der Waals surface area contributed by atoms with Gasteiger partial charge in [-0.15, -0.1) is 0 Å². The average Bonchev–Trinajstić information content (AvgIpc) is 2.68. The van der Waals surface area contributed by atoms with Gasteiger partial charge in [0.05, 0.1) is 5.54 Å². The zero-order valence-corrected chi connectivity index (χ0v) is 17.1. The number of rotatable bonds is 6. The van der Waals surface area contributed by atoms with E-state index in [2.05, 4.69) is 22.2 Å². The zero-order chi connectivity index (χ0) is 21.0. The number of hydrogen-bond acceptors (Lipinski definition) is 2. The molecule has 0 aliphatic heterocycles. The number of carbonyl (C=O) groups is 1. The van der Waals surface area contributed by atoms with Crippen molar-refractivity contribution < 1.29 is 4.79 Å². The Bertz CT molecular complexity index is 1110. The molecule has 5 nitrogen and oxygen atoms in total. The van der Waals surface area contributed by atoms with Crippen LogP contribution in [0.5, 0.6) is 0 Å². The van der Waals surface area contributed by atoms with E-state index in [0.717, 1.165) is 27.6 Å². The average molecular weight is 389 g/mol. The minimum absolute atomic E-state index is 0.122. The molecule has 1 heterocycles. The number of H-pyrrole nitrogens is 1. The Morgan fingerprint density at radius 1 is 1.10 bits per heavy atom. The Labute approximate surface area is 170 Å². The second-order valence-electron chi connectivity index (χ2n) is 7.83. The zero-order valence-electron chi connectivity index (χ0n) is 17.1. The van der Waals surface area contributed by atoms with Gasteiger partial charge in [-0.3, -0.25) is 4.79 Å². The molecule has 0 bridgehead atoms. The molecule has 2 amide bonds. The van der Waals surface area contributed by atoms with E-state index in [9.17, 15) is 9.59 Å². The van der Waals surface area contributed by atoms with Crippen molar-refractivity contribution in [1.29, 1.82) is 0 Å². The molecule has 150 valence electrons. The molecule has 5 heteroatoms. The molecule has 0 atom stereocenters. The van der Waals surface area contributed by atoms with E-state index in [1.807, 2.05) is 75.4 Å². The fourth-order valence-electron chi connectivity index (χ4n) is 3.26. The maximum atomic E-state index is 12.4. The van der Waals surface area contributed by atoms with E-state index in [1.165, 1.54) is 0 Å². The highest BCUT2D eigenvalue weighted by atomic mass is 16.2. The van der Waals surface area contributed by atoms with Gasteiger partial charge in [0.15, 0.2) is 0 Å². The number of aromatic nitrogens is 1. The van der Waals surface area contributed by atoms with Crippen LogP contribution in [0.2, 0.25) is 0 Å². The van der Waals surface area contributed by atoms with Gasteiger partial charge in [-0.25, -0.2) is 4.79 Å². The van der Waals surface area contributed by atoms with Gasteiger partial charge in [-0.2, -0.15) is 0 Å². The molecule has 3 rings (SSSR count). The second-order valence-corrected chi connectivity index (χ2v) is 7.83. The molecule has 29 heavy (non-hydrogen) atoms. The Balaban J connectivity index is 1.61. The summed E-state index contributed by atoms with van der Waals surface area (Å²) in [4.78, 5) is 27.5. The van der Waals surface area contributed by atoms with Crippen LogP contribution in [0.25, 0.3) is 16.5 Å². The number of urea groups is 1. The van der Waals surface area contributed by atoms with Gasteiger partial charge in [0.1, 0.15) is 0 Å². The lowest BCUT2D eigenvalue weighted by Gasteiger charge is -2.27. The minimum Gasteiger partial charge on any atom is -0.338 e. The van der Waals surface area contributed by atoms with Gasteiger partial charge in [0.25, 0.3) is 5.56 Å². The number of fused-ring (bicyclic) bond motifs is 1. The first kappa shape index (κ1) is 20.4. The van der Waals surface area contributed by atoms with Gasteiger partial charge < -0.3 is 15.6 Å². The lowest BCUT2D eigenvalue weighted by molar-refractivity contribution is 0.230. The van der Waals surface area contributed by atoms with Crippen LogP contribution in [0.15, 0.2) is 66.0 Å². The Hall–Kier alpha value is -3.34. The Morgan fingerprint density at radius 2 is 1.86 bits per heavy atom. The molecule has 2 aromatic carbocycles. The van der Waals surface area contributed by atoms with E-state index >= 15 is 0 Å². The molecular formula is C24H27N3O2. The van der Waals surface area contributed by atoms with Crippen LogP contribution in [-0.4, -0.2) is 17.6 Å². The van der Waals surface area contributed by atoms with E-state index in [4.69, 9.17) is 0 Å². The summed E-state index contributed by atoms with van der Waals surface area (Å²) in [5.41, 5.74) is 3.82. The molecule has 0 aliphatic rings. The fraction of sp³-hybridized carbons (Fsp3) is 0.250. The SMILES string of the molecule is C=C(C)c1cccc(C(C)(C)NC(=O)NCCc2cc3ccccc3[nH]c2=O)c1. The number of aromatic amines is 1. The number of nitrogens with one attached hydrogen (secondary N) is 3. The second kappa shape index (κ2) is 8.35. The van der Waals surface area contributed by atoms with Crippen LogP contribution in [0.3, 0.4) is 0 Å². The number of para-hydroxylation sites is 1. The number of amides is 2. The predicted octanol–water partition coefficient (Wildman–Crippen LogP) is 4.34. The summed E-state index contributed by atoms with van der Waals surface area (Å²) in [5, 5.41) is 6.83. The van der Waals surface area contributed by atoms with E-state index < -0.39 is 5.54 Å². The van der Waals surface area contributed by atoms with Crippen molar-refractivity contribution in [1.82, 2.24) is 15.6 Å². The van der Waals surface area contributed by atoms with E-state index in [1.54, 1.807) is 0 Å². The molecule has 0 spiro atoms. The van der Waals surface area contributed by atoms with Crippen molar-refractivity contribution in [2.24, 2.45) is 0 Å². The first-order chi connectivity index (χ1) is 13.8. The number of allylic oxidation sites excluding steroid dienone is 1. The third kappa shape index (κ3) is 4.93. The summed E-state index contributed by atoms with van der Waals surface area (Å²) in [6, 6.07) is 17.2. The highest BCUT2D eigenvalue weighted by Crippen LogP contribution is 2.23. The van der Waals surface area contributed by atoms with Crippen molar-refractivity contribution in [3.63, 3.8) is 0 Å². The lowest BCUT2D eigenvalue weighted by Crippen LogP contribution is -2.47. The summed E-state index contributed by atoms with van der Waals surface area (Å²) >= 11 is 0. The fourth-order valence-corrected chi connectivity index (χ4v) is 3.26. The predicted molar refractivity (Wildman–Crippen MR) is 119 cm³/mol. The largest absolute Gasteiger partial charge is 0.338 e. The smallest absolute Gasteiger partial charge is 0.315 e. The molecule has 0 unspecified atom stereocenters. The van der Waals surface area contributed by atoms with Crippen molar-refractivity contribution >= 4 is 22.5 Å². The summed E-state index contributed by atoms with van der Waals surface area (Å²) in [6.45, 7) is 10.2. The monoisotopic (exact) mass is 389 g/mol. The highest BCUT2D eigenvalue weighted by Gasteiger charge is 2.23. The molecule has 0 saturated carbocycles. The van der Waals surface area contributed by atoms with Gasteiger partial charge in [-0.1, -0.05) is 48.6 Å². The van der Waals surface area contributed by atoms with Crippen molar-refractivity contribution in [2.45, 2.75) is 32.7 Å². The van der Waals surface area contributed by atoms with Crippen LogP contribution in [0, 0.1) is 0 Å². The number of carbonyl (C=O) groups excluding carboxylic acids is 1. The van der Waals surface area contributed by atoms with Gasteiger partial charge in [0.2, 0.25) is 0 Å². The normalized spacial score (nSPS) is 11.3. The van der Waals surface area contributed by atoms with E-state index in [-0.39, 0.29) is 11.6 Å². The number of pyridine rings is 1. The van der Waals surface area contributed by atoms with Crippen LogP contribution in [0.1, 0.15) is 37.5 Å². The summed E-state index contributed by atoms with van der Waals surface area (Å²) in [7, 11) is 0. The van der Waals surface area contributed by atoms with E-state index in [0.29, 0.717) is 18.5 Å².